The summed E-state index contributed by atoms with van der Waals surface area (Å²) in [6, 6.07) is 13.5. The Bertz CT molecular complexity index is 1680. The van der Waals surface area contributed by atoms with E-state index in [9.17, 15) is 18.0 Å². The molecule has 0 bridgehead atoms. The molecule has 1 aliphatic heterocycles. The van der Waals surface area contributed by atoms with Gasteiger partial charge in [-0.05, 0) is 31.2 Å². The van der Waals surface area contributed by atoms with Crippen LogP contribution in [0.15, 0.2) is 70.6 Å². The number of hydrogen-bond acceptors (Lipinski definition) is 5. The summed E-state index contributed by atoms with van der Waals surface area (Å²) in [5, 5.41) is 3.40. The normalized spacial score (nSPS) is 16.2. The van der Waals surface area contributed by atoms with E-state index in [0.717, 1.165) is 9.54 Å². The quantitative estimate of drug-likeness (QED) is 0.490. The highest BCUT2D eigenvalue weighted by atomic mass is 32.2. The van der Waals surface area contributed by atoms with Crippen molar-refractivity contribution in [3.8, 4) is 16.9 Å². The van der Waals surface area contributed by atoms with Crippen molar-refractivity contribution in [2.24, 2.45) is 7.05 Å². The molecule has 1 fully saturated rings. The van der Waals surface area contributed by atoms with Gasteiger partial charge >= 0.3 is 0 Å². The van der Waals surface area contributed by atoms with Gasteiger partial charge in [0.05, 0.1) is 10.6 Å². The molecule has 9 heteroatoms. The summed E-state index contributed by atoms with van der Waals surface area (Å²) in [4.78, 5) is 25.7. The van der Waals surface area contributed by atoms with Crippen LogP contribution in [0.5, 0.6) is 5.75 Å². The fourth-order valence-electron chi connectivity index (χ4n) is 4.45. The highest BCUT2D eigenvalue weighted by Crippen LogP contribution is 2.50. The third-order valence-electron chi connectivity index (χ3n) is 6.53. The lowest BCUT2D eigenvalue weighted by molar-refractivity contribution is -0.125. The Morgan fingerprint density at radius 2 is 1.74 bits per heavy atom. The van der Waals surface area contributed by atoms with Crippen LogP contribution < -0.4 is 15.6 Å². The van der Waals surface area contributed by atoms with Crippen LogP contribution >= 0.6 is 0 Å². The number of pyridine rings is 1. The number of aromatic nitrogens is 2. The summed E-state index contributed by atoms with van der Waals surface area (Å²) in [5.41, 5.74) is 1.58. The first-order chi connectivity index (χ1) is 16.2. The van der Waals surface area contributed by atoms with Crippen molar-refractivity contribution in [1.82, 2.24) is 8.54 Å². The summed E-state index contributed by atoms with van der Waals surface area (Å²) in [7, 11) is -2.41. The largest absolute Gasteiger partial charge is 0.475 e. The first kappa shape index (κ1) is 20.7. The van der Waals surface area contributed by atoms with Gasteiger partial charge in [-0.15, -0.1) is 0 Å². The molecule has 1 N–H and O–H groups in total. The van der Waals surface area contributed by atoms with E-state index in [2.05, 4.69) is 5.32 Å². The molecule has 3 heterocycles. The van der Waals surface area contributed by atoms with Gasteiger partial charge in [0.25, 0.3) is 21.5 Å². The van der Waals surface area contributed by atoms with Crippen molar-refractivity contribution in [1.29, 1.82) is 0 Å². The molecule has 1 spiro atoms. The predicted octanol–water partition coefficient (Wildman–Crippen LogP) is 3.42. The number of benzene rings is 2. The molecule has 1 amide bonds. The fraction of sp³-hybridized carbons (Fsp3) is 0.200. The molecule has 2 aliphatic rings. The highest BCUT2D eigenvalue weighted by Gasteiger charge is 2.55. The van der Waals surface area contributed by atoms with Crippen molar-refractivity contribution >= 4 is 32.5 Å². The van der Waals surface area contributed by atoms with Gasteiger partial charge in [-0.3, -0.25) is 9.59 Å². The van der Waals surface area contributed by atoms with E-state index in [4.69, 9.17) is 4.74 Å². The first-order valence-electron chi connectivity index (χ1n) is 10.9. The number of amides is 1. The minimum Gasteiger partial charge on any atom is -0.475 e. The zero-order valence-corrected chi connectivity index (χ0v) is 19.3. The predicted molar refractivity (Wildman–Crippen MR) is 128 cm³/mol. The summed E-state index contributed by atoms with van der Waals surface area (Å²) in [6.07, 6.45) is 4.36. The van der Waals surface area contributed by atoms with Crippen molar-refractivity contribution in [2.75, 3.05) is 5.32 Å². The molecule has 8 nitrogen and oxygen atoms in total. The Labute approximate surface area is 195 Å². The maximum Gasteiger partial charge on any atom is 0.275 e. The molecule has 1 saturated carbocycles. The molecule has 0 saturated heterocycles. The SMILES string of the molecule is Cc1ccc(S(=O)(=O)n2ccc3c(-c4cccc5c4OC4(CC4)C(=O)N5)cn(C)c(=O)c32)cc1. The number of carbonyl (C=O) groups is 1. The second-order valence-electron chi connectivity index (χ2n) is 8.88. The molecule has 2 aromatic heterocycles. The Balaban J connectivity index is 1.59. The topological polar surface area (TPSA) is 99.4 Å². The zero-order chi connectivity index (χ0) is 23.8. The average Bonchev–Trinajstić information content (AvgIpc) is 3.43. The number of para-hydroxylation sites is 1. The van der Waals surface area contributed by atoms with Crippen LogP contribution in [-0.4, -0.2) is 28.5 Å². The number of carbonyl (C=O) groups excluding carboxylic acids is 1. The number of fused-ring (bicyclic) bond motifs is 2. The number of nitrogens with zero attached hydrogens (tertiary/aromatic N) is 2. The molecular formula is C25H21N3O5S. The molecule has 2 aromatic carbocycles. The van der Waals surface area contributed by atoms with E-state index in [-0.39, 0.29) is 16.3 Å². The van der Waals surface area contributed by atoms with Crippen LogP contribution in [0.25, 0.3) is 22.0 Å². The lowest BCUT2D eigenvalue weighted by Gasteiger charge is -2.27. The molecule has 0 unspecified atom stereocenters. The zero-order valence-electron chi connectivity index (χ0n) is 18.5. The summed E-state index contributed by atoms with van der Waals surface area (Å²) < 4.78 is 35.5. The van der Waals surface area contributed by atoms with E-state index in [1.165, 1.54) is 22.9 Å². The highest BCUT2D eigenvalue weighted by molar-refractivity contribution is 7.90. The number of anilines is 1. The molecule has 4 aromatic rings. The van der Waals surface area contributed by atoms with Crippen molar-refractivity contribution < 1.29 is 17.9 Å². The van der Waals surface area contributed by atoms with E-state index in [1.54, 1.807) is 43.6 Å². The molecule has 0 radical (unpaired) electrons. The molecule has 1 aliphatic carbocycles. The number of rotatable bonds is 3. The van der Waals surface area contributed by atoms with E-state index < -0.39 is 21.2 Å². The smallest absolute Gasteiger partial charge is 0.275 e. The van der Waals surface area contributed by atoms with Gasteiger partial charge in [-0.2, -0.15) is 0 Å². The van der Waals surface area contributed by atoms with Crippen molar-refractivity contribution in [2.45, 2.75) is 30.3 Å². The van der Waals surface area contributed by atoms with Gasteiger partial charge in [-0.1, -0.05) is 29.8 Å². The maximum atomic E-state index is 13.4. The minimum absolute atomic E-state index is 0.0548. The Morgan fingerprint density at radius 3 is 2.44 bits per heavy atom. The van der Waals surface area contributed by atoms with Crippen LogP contribution in [0.2, 0.25) is 0 Å². The summed E-state index contributed by atoms with van der Waals surface area (Å²) in [6.45, 7) is 1.88. The second kappa shape index (κ2) is 6.83. The molecule has 0 atom stereocenters. The lowest BCUT2D eigenvalue weighted by Crippen LogP contribution is -2.39. The van der Waals surface area contributed by atoms with Crippen molar-refractivity contribution in [3.63, 3.8) is 0 Å². The van der Waals surface area contributed by atoms with Gasteiger partial charge in [-0.25, -0.2) is 12.4 Å². The Hall–Kier alpha value is -3.85. The van der Waals surface area contributed by atoms with Crippen LogP contribution in [0.3, 0.4) is 0 Å². The number of nitrogens with one attached hydrogen (secondary N) is 1. The van der Waals surface area contributed by atoms with E-state index >= 15 is 0 Å². The fourth-order valence-corrected chi connectivity index (χ4v) is 5.79. The average molecular weight is 476 g/mol. The maximum absolute atomic E-state index is 13.4. The summed E-state index contributed by atoms with van der Waals surface area (Å²) >= 11 is 0. The second-order valence-corrected chi connectivity index (χ2v) is 10.7. The van der Waals surface area contributed by atoms with E-state index in [1.807, 2.05) is 13.0 Å². The number of hydrogen-bond donors (Lipinski definition) is 1. The monoisotopic (exact) mass is 475 g/mol. The Kier molecular flexibility index (Phi) is 4.17. The number of ether oxygens (including phenoxy) is 1. The van der Waals surface area contributed by atoms with Crippen LogP contribution in [0.4, 0.5) is 5.69 Å². The van der Waals surface area contributed by atoms with Gasteiger partial charge in [0, 0.05) is 48.8 Å². The van der Waals surface area contributed by atoms with Gasteiger partial charge in [0.1, 0.15) is 5.52 Å². The van der Waals surface area contributed by atoms with Gasteiger partial charge in [0.15, 0.2) is 11.4 Å². The lowest BCUT2D eigenvalue weighted by atomic mass is 10.0. The van der Waals surface area contributed by atoms with Crippen LogP contribution in [-0.2, 0) is 21.9 Å². The van der Waals surface area contributed by atoms with Gasteiger partial charge in [0.2, 0.25) is 0 Å². The van der Waals surface area contributed by atoms with Crippen molar-refractivity contribution in [3.05, 3.63) is 76.8 Å². The third-order valence-corrected chi connectivity index (χ3v) is 8.22. The van der Waals surface area contributed by atoms with Crippen LogP contribution in [0.1, 0.15) is 18.4 Å². The van der Waals surface area contributed by atoms with Crippen LogP contribution in [0, 0.1) is 6.92 Å². The summed E-state index contributed by atoms with van der Waals surface area (Å²) in [5.74, 6) is 0.367. The standard InChI is InChI=1S/C25H21N3O5S/c1-15-6-8-16(9-7-15)34(31,32)28-13-10-17-19(14-27(2)23(29)21(17)28)18-4-3-5-20-22(18)33-25(11-12-25)24(30)26-20/h3-10,13-14H,11-12H2,1-2H3,(H,26,30). The molecule has 172 valence electrons. The van der Waals surface area contributed by atoms with E-state index in [0.29, 0.717) is 40.8 Å². The third kappa shape index (κ3) is 2.86. The van der Waals surface area contributed by atoms with Gasteiger partial charge < -0.3 is 14.6 Å². The minimum atomic E-state index is -4.00. The molecule has 34 heavy (non-hydrogen) atoms. The first-order valence-corrected chi connectivity index (χ1v) is 12.3. The Morgan fingerprint density at radius 1 is 1.00 bits per heavy atom. The molecule has 6 rings (SSSR count). The number of aryl methyl sites for hydroxylation is 2. The molecular weight excluding hydrogens is 454 g/mol.